The Hall–Kier alpha value is -1.06. The number of hydrogen-bond donors (Lipinski definition) is 2. The summed E-state index contributed by atoms with van der Waals surface area (Å²) in [5.41, 5.74) is 5.45. The number of aryl methyl sites for hydroxylation is 1. The zero-order valence-corrected chi connectivity index (χ0v) is 13.0. The Bertz CT molecular complexity index is 425. The second kappa shape index (κ2) is 7.09. The molecule has 0 radical (unpaired) electrons. The molecule has 1 aliphatic rings. The van der Waals surface area contributed by atoms with E-state index in [1.807, 2.05) is 0 Å². The van der Waals surface area contributed by atoms with E-state index in [1.165, 1.54) is 43.2 Å². The molecule has 1 saturated carbocycles. The number of nitrogens with two attached hydrogens (primary N) is 1. The van der Waals surface area contributed by atoms with Crippen LogP contribution >= 0.6 is 0 Å². The maximum absolute atomic E-state index is 5.84. The maximum Gasteiger partial charge on any atom is 0.122 e. The van der Waals surface area contributed by atoms with E-state index in [0.717, 1.165) is 11.7 Å². The second-order valence-corrected chi connectivity index (χ2v) is 6.06. The summed E-state index contributed by atoms with van der Waals surface area (Å²) >= 11 is 0. The van der Waals surface area contributed by atoms with Crippen molar-refractivity contribution in [2.24, 2.45) is 17.7 Å². The van der Waals surface area contributed by atoms with E-state index >= 15 is 0 Å². The van der Waals surface area contributed by atoms with Crippen LogP contribution in [0.25, 0.3) is 0 Å². The van der Waals surface area contributed by atoms with E-state index in [4.69, 9.17) is 10.6 Å². The van der Waals surface area contributed by atoms with Gasteiger partial charge in [0.1, 0.15) is 5.75 Å². The van der Waals surface area contributed by atoms with Gasteiger partial charge in [0.25, 0.3) is 0 Å². The first-order valence-electron chi connectivity index (χ1n) is 7.80. The fourth-order valence-electron chi connectivity index (χ4n) is 3.46. The van der Waals surface area contributed by atoms with Crippen LogP contribution < -0.4 is 16.0 Å². The van der Waals surface area contributed by atoms with E-state index in [9.17, 15) is 0 Å². The van der Waals surface area contributed by atoms with Gasteiger partial charge in [0.15, 0.2) is 0 Å². The predicted octanol–water partition coefficient (Wildman–Crippen LogP) is 3.72. The summed E-state index contributed by atoms with van der Waals surface area (Å²) in [6, 6.07) is 6.67. The van der Waals surface area contributed by atoms with Gasteiger partial charge in [-0.25, -0.2) is 0 Å². The summed E-state index contributed by atoms with van der Waals surface area (Å²) in [6.45, 7) is 4.37. The number of rotatable bonds is 5. The quantitative estimate of drug-likeness (QED) is 0.636. The Morgan fingerprint density at radius 1 is 1.30 bits per heavy atom. The summed E-state index contributed by atoms with van der Waals surface area (Å²) in [5, 5.41) is 0. The molecule has 1 atom stereocenters. The Labute approximate surface area is 122 Å². The van der Waals surface area contributed by atoms with Crippen molar-refractivity contribution in [3.05, 3.63) is 29.3 Å². The number of benzene rings is 1. The molecule has 1 aliphatic carbocycles. The lowest BCUT2D eigenvalue weighted by Crippen LogP contribution is -2.35. The number of hydrazine groups is 1. The van der Waals surface area contributed by atoms with Gasteiger partial charge < -0.3 is 4.74 Å². The molecule has 1 unspecified atom stereocenters. The zero-order chi connectivity index (χ0) is 14.5. The largest absolute Gasteiger partial charge is 0.496 e. The first-order valence-corrected chi connectivity index (χ1v) is 7.80. The van der Waals surface area contributed by atoms with E-state index in [1.54, 1.807) is 7.11 Å². The van der Waals surface area contributed by atoms with Gasteiger partial charge in [0, 0.05) is 6.04 Å². The first kappa shape index (κ1) is 15.3. The van der Waals surface area contributed by atoms with E-state index in [2.05, 4.69) is 37.5 Å². The van der Waals surface area contributed by atoms with Crippen molar-refractivity contribution >= 4 is 0 Å². The smallest absolute Gasteiger partial charge is 0.122 e. The normalized spacial score (nSPS) is 24.4. The minimum Gasteiger partial charge on any atom is -0.496 e. The van der Waals surface area contributed by atoms with Crippen LogP contribution in [0.2, 0.25) is 0 Å². The minimum atomic E-state index is 0.238. The second-order valence-electron chi connectivity index (χ2n) is 6.06. The average molecular weight is 276 g/mol. The highest BCUT2D eigenvalue weighted by atomic mass is 16.5. The Morgan fingerprint density at radius 2 is 2.00 bits per heavy atom. The molecular formula is C17H28N2O. The van der Waals surface area contributed by atoms with E-state index in [-0.39, 0.29) is 6.04 Å². The van der Waals surface area contributed by atoms with Crippen molar-refractivity contribution < 1.29 is 4.74 Å². The average Bonchev–Trinajstić information content (AvgIpc) is 2.50. The third-order valence-corrected chi connectivity index (χ3v) is 4.91. The molecular weight excluding hydrogens is 248 g/mol. The molecule has 0 saturated heterocycles. The molecule has 0 bridgehead atoms. The van der Waals surface area contributed by atoms with Crippen LogP contribution in [-0.2, 0) is 0 Å². The van der Waals surface area contributed by atoms with Crippen molar-refractivity contribution in [1.82, 2.24) is 5.43 Å². The molecule has 0 heterocycles. The molecule has 112 valence electrons. The van der Waals surface area contributed by atoms with Crippen molar-refractivity contribution in [2.75, 3.05) is 7.11 Å². The molecule has 3 heteroatoms. The third kappa shape index (κ3) is 3.33. The van der Waals surface area contributed by atoms with Crippen molar-refractivity contribution in [3.8, 4) is 5.75 Å². The van der Waals surface area contributed by atoms with Crippen LogP contribution in [0.3, 0.4) is 0 Å². The number of nitrogens with one attached hydrogen (secondary N) is 1. The van der Waals surface area contributed by atoms with Gasteiger partial charge in [-0.1, -0.05) is 38.3 Å². The summed E-state index contributed by atoms with van der Waals surface area (Å²) in [7, 11) is 1.73. The van der Waals surface area contributed by atoms with Gasteiger partial charge in [0.05, 0.1) is 7.11 Å². The maximum atomic E-state index is 5.84. The number of methoxy groups -OCH3 is 1. The third-order valence-electron chi connectivity index (χ3n) is 4.91. The Morgan fingerprint density at radius 3 is 2.55 bits per heavy atom. The van der Waals surface area contributed by atoms with Gasteiger partial charge in [0.2, 0.25) is 0 Å². The molecule has 0 aromatic heterocycles. The van der Waals surface area contributed by atoms with Crippen LogP contribution in [0.5, 0.6) is 5.75 Å². The van der Waals surface area contributed by atoms with Crippen LogP contribution in [-0.4, -0.2) is 7.11 Å². The van der Waals surface area contributed by atoms with E-state index < -0.39 is 0 Å². The van der Waals surface area contributed by atoms with Gasteiger partial charge in [-0.15, -0.1) is 0 Å². The van der Waals surface area contributed by atoms with Crippen molar-refractivity contribution in [3.63, 3.8) is 0 Å². The van der Waals surface area contributed by atoms with Crippen molar-refractivity contribution in [1.29, 1.82) is 0 Å². The van der Waals surface area contributed by atoms with Gasteiger partial charge in [-0.3, -0.25) is 11.3 Å². The molecule has 0 spiro atoms. The fraction of sp³-hybridized carbons (Fsp3) is 0.647. The Kier molecular flexibility index (Phi) is 5.44. The lowest BCUT2D eigenvalue weighted by atomic mass is 9.76. The van der Waals surface area contributed by atoms with Crippen LogP contribution in [0, 0.1) is 18.8 Å². The monoisotopic (exact) mass is 276 g/mol. The number of hydrogen-bond acceptors (Lipinski definition) is 3. The molecule has 3 N–H and O–H groups in total. The Balaban J connectivity index is 2.12. The van der Waals surface area contributed by atoms with Crippen molar-refractivity contribution in [2.45, 2.75) is 52.0 Å². The first-order chi connectivity index (χ1) is 9.69. The molecule has 1 aromatic rings. The van der Waals surface area contributed by atoms with Crippen LogP contribution in [0.15, 0.2) is 18.2 Å². The standard InChI is InChI=1S/C17H28N2O/c1-4-13-6-9-14(10-7-13)17(19-18)15-8-5-12(2)16(11-15)20-3/h5,8,11,13-14,17,19H,4,6-7,9-10,18H2,1-3H3. The fourth-order valence-corrected chi connectivity index (χ4v) is 3.46. The molecule has 3 nitrogen and oxygen atoms in total. The molecule has 1 fully saturated rings. The number of ether oxygens (including phenoxy) is 1. The lowest BCUT2D eigenvalue weighted by Gasteiger charge is -2.33. The SMILES string of the molecule is CCC1CCC(C(NN)c2ccc(C)c(OC)c2)CC1. The van der Waals surface area contributed by atoms with Crippen LogP contribution in [0.1, 0.15) is 56.2 Å². The molecule has 1 aromatic carbocycles. The zero-order valence-electron chi connectivity index (χ0n) is 13.0. The minimum absolute atomic E-state index is 0.238. The van der Waals surface area contributed by atoms with Gasteiger partial charge in [-0.05, 0) is 48.8 Å². The predicted molar refractivity (Wildman–Crippen MR) is 83.5 cm³/mol. The topological polar surface area (TPSA) is 47.3 Å². The summed E-state index contributed by atoms with van der Waals surface area (Å²) in [5.74, 6) is 8.34. The summed E-state index contributed by atoms with van der Waals surface area (Å²) in [6.07, 6.45) is 6.52. The highest BCUT2D eigenvalue weighted by molar-refractivity contribution is 5.38. The molecule has 2 rings (SSSR count). The lowest BCUT2D eigenvalue weighted by molar-refractivity contribution is 0.219. The molecule has 0 amide bonds. The highest BCUT2D eigenvalue weighted by Gasteiger charge is 2.27. The van der Waals surface area contributed by atoms with Gasteiger partial charge in [-0.2, -0.15) is 0 Å². The molecule has 0 aliphatic heterocycles. The summed E-state index contributed by atoms with van der Waals surface area (Å²) in [4.78, 5) is 0. The van der Waals surface area contributed by atoms with Crippen LogP contribution in [0.4, 0.5) is 0 Å². The molecule has 20 heavy (non-hydrogen) atoms. The summed E-state index contributed by atoms with van der Waals surface area (Å²) < 4.78 is 5.43. The highest BCUT2D eigenvalue weighted by Crippen LogP contribution is 2.38. The van der Waals surface area contributed by atoms with Gasteiger partial charge >= 0.3 is 0 Å². The van der Waals surface area contributed by atoms with E-state index in [0.29, 0.717) is 5.92 Å².